The predicted molar refractivity (Wildman–Crippen MR) is 73.1 cm³/mol. The topological polar surface area (TPSA) is 52.6 Å². The van der Waals surface area contributed by atoms with Gasteiger partial charge in [-0.1, -0.05) is 18.2 Å². The van der Waals surface area contributed by atoms with E-state index in [-0.39, 0.29) is 29.6 Å². The van der Waals surface area contributed by atoms with Crippen molar-refractivity contribution in [2.45, 2.75) is 28.8 Å². The van der Waals surface area contributed by atoms with Gasteiger partial charge >= 0.3 is 69.6 Å². The van der Waals surface area contributed by atoms with Gasteiger partial charge in [0.1, 0.15) is 0 Å². The summed E-state index contributed by atoms with van der Waals surface area (Å²) in [5, 5.41) is 0. The zero-order chi connectivity index (χ0) is 22.2. The molecule has 29 heavy (non-hydrogen) atoms. The van der Waals surface area contributed by atoms with Gasteiger partial charge in [0.15, 0.2) is 0 Å². The SMILES string of the molecule is O=S(=O)(OOC(F)=C(F)C(F)(F)C(F)(F)C(F)(F)C(F)(F)F)c1ccccc1.[NaH]. The Labute approximate surface area is 176 Å². The van der Waals surface area contributed by atoms with Crippen LogP contribution in [0.4, 0.5) is 48.3 Å². The Hall–Kier alpha value is -1.10. The van der Waals surface area contributed by atoms with Crippen molar-refractivity contribution in [1.82, 2.24) is 0 Å². The van der Waals surface area contributed by atoms with E-state index in [1.165, 1.54) is 6.07 Å². The van der Waals surface area contributed by atoms with Crippen LogP contribution >= 0.6 is 0 Å². The van der Waals surface area contributed by atoms with Crippen LogP contribution in [0.3, 0.4) is 0 Å². The van der Waals surface area contributed by atoms with Crippen LogP contribution in [0, 0.1) is 0 Å². The molecule has 162 valence electrons. The molecule has 0 aliphatic carbocycles. The number of halogens is 11. The summed E-state index contributed by atoms with van der Waals surface area (Å²) in [6, 6.07) is 1.30. The molecule has 0 bridgehead atoms. The molecular weight excluding hydrogens is 472 g/mol. The van der Waals surface area contributed by atoms with Gasteiger partial charge in [-0.15, -0.1) is 0 Å². The molecule has 1 rings (SSSR count). The maximum absolute atomic E-state index is 13.1. The summed E-state index contributed by atoms with van der Waals surface area (Å²) in [4.78, 5) is 2.08. The van der Waals surface area contributed by atoms with Crippen molar-refractivity contribution in [3.05, 3.63) is 42.2 Å². The van der Waals surface area contributed by atoms with E-state index in [4.69, 9.17) is 0 Å². The molecule has 17 heteroatoms. The molecule has 0 N–H and O–H groups in total. The summed E-state index contributed by atoms with van der Waals surface area (Å²) in [5.74, 6) is -26.4. The Bertz CT molecular complexity index is 837. The van der Waals surface area contributed by atoms with Crippen molar-refractivity contribution < 1.29 is 65.9 Å². The van der Waals surface area contributed by atoms with Crippen molar-refractivity contribution in [1.29, 1.82) is 0 Å². The maximum atomic E-state index is 13.1. The molecule has 0 spiro atoms. The molecule has 0 aromatic heterocycles. The Morgan fingerprint density at radius 3 is 1.66 bits per heavy atom. The fourth-order valence-corrected chi connectivity index (χ4v) is 2.09. The average molecular weight is 478 g/mol. The molecule has 0 aliphatic heterocycles. The van der Waals surface area contributed by atoms with Gasteiger partial charge in [0.25, 0.3) is 5.83 Å². The van der Waals surface area contributed by atoms with Crippen LogP contribution in [0.1, 0.15) is 0 Å². The first-order valence-corrected chi connectivity index (χ1v) is 7.72. The summed E-state index contributed by atoms with van der Waals surface area (Å²) in [7, 11) is -5.15. The first-order valence-electron chi connectivity index (χ1n) is 6.31. The fraction of sp³-hybridized carbons (Fsp3) is 0.333. The first kappa shape index (κ1) is 27.9. The Balaban J connectivity index is 0.00000784. The van der Waals surface area contributed by atoms with E-state index in [0.717, 1.165) is 24.3 Å². The molecule has 0 fully saturated rings. The number of hydrogen-bond acceptors (Lipinski definition) is 4. The zero-order valence-electron chi connectivity index (χ0n) is 12.6. The zero-order valence-corrected chi connectivity index (χ0v) is 13.4. The van der Waals surface area contributed by atoms with E-state index in [2.05, 4.69) is 9.22 Å². The monoisotopic (exact) mass is 478 g/mol. The molecule has 0 unspecified atom stereocenters. The molecule has 0 saturated carbocycles. The minimum absolute atomic E-state index is 0. The van der Waals surface area contributed by atoms with E-state index < -0.39 is 50.8 Å². The number of rotatable bonds is 7. The second-order valence-electron chi connectivity index (χ2n) is 4.73. The van der Waals surface area contributed by atoms with Crippen LogP contribution in [-0.4, -0.2) is 61.9 Å². The van der Waals surface area contributed by atoms with Crippen molar-refractivity contribution >= 4 is 39.7 Å². The van der Waals surface area contributed by atoms with Crippen molar-refractivity contribution in [3.63, 3.8) is 0 Å². The van der Waals surface area contributed by atoms with Gasteiger partial charge < -0.3 is 0 Å². The van der Waals surface area contributed by atoms with E-state index in [0.29, 0.717) is 0 Å². The number of alkyl halides is 9. The summed E-state index contributed by atoms with van der Waals surface area (Å²) < 4.78 is 165. The van der Waals surface area contributed by atoms with Crippen molar-refractivity contribution in [2.75, 3.05) is 0 Å². The van der Waals surface area contributed by atoms with Crippen LogP contribution in [0.2, 0.25) is 0 Å². The normalized spacial score (nSPS) is 14.7. The summed E-state index contributed by atoms with van der Waals surface area (Å²) in [6.07, 6.45) is -7.27. The molecule has 1 aromatic carbocycles. The molecule has 4 nitrogen and oxygen atoms in total. The van der Waals surface area contributed by atoms with Crippen LogP contribution in [0.5, 0.6) is 0 Å². The van der Waals surface area contributed by atoms with Crippen molar-refractivity contribution in [2.24, 2.45) is 0 Å². The number of hydrogen-bond donors (Lipinski definition) is 0. The third kappa shape index (κ3) is 5.34. The number of benzene rings is 1. The number of allylic oxidation sites excluding steroid dienone is 1. The quantitative estimate of drug-likeness (QED) is 0.193. The van der Waals surface area contributed by atoms with Gasteiger partial charge in [0.2, 0.25) is 0 Å². The van der Waals surface area contributed by atoms with Crippen LogP contribution < -0.4 is 0 Å². The molecule has 0 aliphatic rings. The molecule has 0 amide bonds. The Morgan fingerprint density at radius 1 is 0.793 bits per heavy atom. The van der Waals surface area contributed by atoms with Gasteiger partial charge in [0, 0.05) is 0 Å². The molecule has 1 aromatic rings. The molecular formula is C12H6F11NaO4S. The second-order valence-corrected chi connectivity index (χ2v) is 6.24. The summed E-state index contributed by atoms with van der Waals surface area (Å²) in [5.41, 5.74) is 0. The molecule has 0 radical (unpaired) electrons. The predicted octanol–water partition coefficient (Wildman–Crippen LogP) is 4.25. The molecule has 0 atom stereocenters. The fourth-order valence-electron chi connectivity index (χ4n) is 1.37. The van der Waals surface area contributed by atoms with Crippen LogP contribution in [0.25, 0.3) is 0 Å². The Kier molecular flexibility index (Phi) is 8.61. The summed E-state index contributed by atoms with van der Waals surface area (Å²) in [6.45, 7) is 0. The third-order valence-corrected chi connectivity index (χ3v) is 3.92. The van der Waals surface area contributed by atoms with E-state index in [1.807, 2.05) is 0 Å². The third-order valence-electron chi connectivity index (χ3n) is 2.82. The second kappa shape index (κ2) is 8.95. The Morgan fingerprint density at radius 2 is 1.24 bits per heavy atom. The van der Waals surface area contributed by atoms with Crippen LogP contribution in [-0.2, 0) is 19.3 Å². The average Bonchev–Trinajstić information content (AvgIpc) is 2.58. The first-order chi connectivity index (χ1) is 12.4. The standard InChI is InChI=1S/C12H5F11O4S.Na.H/c13-7(9(15,16)10(17,18)11(19,20)12(21,22)23)8(14)26-27-28(24,25)6-4-2-1-3-5-6;;/h1-5H;;. The molecule has 0 saturated heterocycles. The van der Waals surface area contributed by atoms with E-state index in [1.54, 1.807) is 0 Å². The van der Waals surface area contributed by atoms with Gasteiger partial charge in [-0.25, -0.2) is 0 Å². The van der Waals surface area contributed by atoms with Gasteiger partial charge in [0.05, 0.1) is 4.90 Å². The minimum atomic E-state index is -7.53. The van der Waals surface area contributed by atoms with Crippen LogP contribution in [0.15, 0.2) is 47.1 Å². The van der Waals surface area contributed by atoms with Gasteiger partial charge in [-0.2, -0.15) is 56.7 Å². The van der Waals surface area contributed by atoms with Crippen molar-refractivity contribution in [3.8, 4) is 0 Å². The van der Waals surface area contributed by atoms with E-state index in [9.17, 15) is 56.7 Å². The van der Waals surface area contributed by atoms with E-state index >= 15 is 0 Å². The molecule has 0 heterocycles. The van der Waals surface area contributed by atoms with Gasteiger partial charge in [-0.3, -0.25) is 4.89 Å². The summed E-state index contributed by atoms with van der Waals surface area (Å²) >= 11 is 0. The van der Waals surface area contributed by atoms with Gasteiger partial charge in [-0.05, 0) is 16.5 Å².